The standard InChI is InChI=1S/C21H23NO4/c1-3-13-25-20(23)19(18-11-9-16(2)10-12-18)14-22-21(24)26-15-17-7-5-4-6-8-17/h3-12,19H,1,13-15H2,2H3,(H,22,24)/t19-/m0/s1. The summed E-state index contributed by atoms with van der Waals surface area (Å²) in [7, 11) is 0. The van der Waals surface area contributed by atoms with Crippen molar-refractivity contribution in [2.24, 2.45) is 0 Å². The Morgan fingerprint density at radius 3 is 2.42 bits per heavy atom. The first-order valence-electron chi connectivity index (χ1n) is 8.39. The third-order valence-electron chi connectivity index (χ3n) is 3.77. The van der Waals surface area contributed by atoms with E-state index in [0.717, 1.165) is 16.7 Å². The highest BCUT2D eigenvalue weighted by Crippen LogP contribution is 2.18. The Morgan fingerprint density at radius 1 is 1.08 bits per heavy atom. The van der Waals surface area contributed by atoms with Crippen molar-refractivity contribution >= 4 is 12.1 Å². The summed E-state index contributed by atoms with van der Waals surface area (Å²) in [4.78, 5) is 24.3. The number of amides is 1. The highest BCUT2D eigenvalue weighted by atomic mass is 16.5. The molecule has 1 atom stereocenters. The van der Waals surface area contributed by atoms with E-state index in [1.807, 2.05) is 61.5 Å². The lowest BCUT2D eigenvalue weighted by molar-refractivity contribution is -0.144. The predicted octanol–water partition coefficient (Wildman–Crippen LogP) is 3.73. The predicted molar refractivity (Wildman–Crippen MR) is 99.7 cm³/mol. The average molecular weight is 353 g/mol. The molecule has 2 aromatic carbocycles. The number of hydrogen-bond acceptors (Lipinski definition) is 4. The molecule has 0 fully saturated rings. The fraction of sp³-hybridized carbons (Fsp3) is 0.238. The van der Waals surface area contributed by atoms with Crippen LogP contribution in [0, 0.1) is 6.92 Å². The molecule has 0 saturated heterocycles. The molecule has 0 aliphatic heterocycles. The summed E-state index contributed by atoms with van der Waals surface area (Å²) in [5, 5.41) is 2.64. The zero-order chi connectivity index (χ0) is 18.8. The SMILES string of the molecule is C=CCOC(=O)[C@@H](CNC(=O)OCc1ccccc1)c1ccc(C)cc1. The quantitative estimate of drug-likeness (QED) is 0.580. The zero-order valence-electron chi connectivity index (χ0n) is 14.8. The number of ether oxygens (including phenoxy) is 2. The van der Waals surface area contributed by atoms with Crippen LogP contribution in [0.25, 0.3) is 0 Å². The van der Waals surface area contributed by atoms with Gasteiger partial charge in [0.2, 0.25) is 0 Å². The van der Waals surface area contributed by atoms with Gasteiger partial charge >= 0.3 is 12.1 Å². The minimum Gasteiger partial charge on any atom is -0.461 e. The van der Waals surface area contributed by atoms with Crippen LogP contribution in [0.5, 0.6) is 0 Å². The van der Waals surface area contributed by atoms with Crippen LogP contribution in [0.1, 0.15) is 22.6 Å². The summed E-state index contributed by atoms with van der Waals surface area (Å²) in [5.74, 6) is -1.03. The van der Waals surface area contributed by atoms with E-state index in [9.17, 15) is 9.59 Å². The molecule has 0 radical (unpaired) electrons. The monoisotopic (exact) mass is 353 g/mol. The molecular weight excluding hydrogens is 330 g/mol. The van der Waals surface area contributed by atoms with Crippen LogP contribution >= 0.6 is 0 Å². The van der Waals surface area contributed by atoms with Crippen LogP contribution in [0.3, 0.4) is 0 Å². The van der Waals surface area contributed by atoms with Gasteiger partial charge in [-0.25, -0.2) is 4.79 Å². The molecule has 5 heteroatoms. The zero-order valence-corrected chi connectivity index (χ0v) is 14.8. The minimum atomic E-state index is -0.611. The van der Waals surface area contributed by atoms with Gasteiger partial charge in [0.15, 0.2) is 0 Å². The number of carbonyl (C=O) groups excluding carboxylic acids is 2. The van der Waals surface area contributed by atoms with Crippen molar-refractivity contribution in [2.45, 2.75) is 19.4 Å². The third kappa shape index (κ3) is 6.09. The second-order valence-electron chi connectivity index (χ2n) is 5.82. The summed E-state index contributed by atoms with van der Waals surface area (Å²) >= 11 is 0. The number of carbonyl (C=O) groups is 2. The Bertz CT molecular complexity index is 725. The smallest absolute Gasteiger partial charge is 0.407 e. The Kier molecular flexibility index (Phi) is 7.43. The van der Waals surface area contributed by atoms with E-state index < -0.39 is 18.0 Å². The molecule has 0 heterocycles. The van der Waals surface area contributed by atoms with Gasteiger partial charge in [-0.1, -0.05) is 72.8 Å². The van der Waals surface area contributed by atoms with Crippen molar-refractivity contribution in [3.05, 3.63) is 83.9 Å². The maximum absolute atomic E-state index is 12.3. The Hall–Kier alpha value is -3.08. The second kappa shape index (κ2) is 10.0. The number of benzene rings is 2. The molecule has 0 spiro atoms. The van der Waals surface area contributed by atoms with Crippen molar-refractivity contribution in [2.75, 3.05) is 13.2 Å². The van der Waals surface area contributed by atoms with Gasteiger partial charge in [-0.05, 0) is 18.1 Å². The summed E-state index contributed by atoms with van der Waals surface area (Å²) in [6.45, 7) is 5.89. The lowest BCUT2D eigenvalue weighted by atomic mass is 9.98. The number of alkyl carbamates (subject to hydrolysis) is 1. The number of esters is 1. The Balaban J connectivity index is 1.94. The van der Waals surface area contributed by atoms with Gasteiger partial charge < -0.3 is 14.8 Å². The molecular formula is C21H23NO4. The first kappa shape index (κ1) is 19.2. The molecule has 0 aliphatic carbocycles. The van der Waals surface area contributed by atoms with Gasteiger partial charge in [-0.3, -0.25) is 4.79 Å². The van der Waals surface area contributed by atoms with E-state index in [4.69, 9.17) is 9.47 Å². The minimum absolute atomic E-state index is 0.0899. The summed E-state index contributed by atoms with van der Waals surface area (Å²) in [6, 6.07) is 16.9. The third-order valence-corrected chi connectivity index (χ3v) is 3.77. The summed E-state index contributed by atoms with van der Waals surface area (Å²) in [5.41, 5.74) is 2.75. The van der Waals surface area contributed by atoms with E-state index >= 15 is 0 Å². The van der Waals surface area contributed by atoms with Gasteiger partial charge in [0.1, 0.15) is 13.2 Å². The first-order valence-corrected chi connectivity index (χ1v) is 8.39. The van der Waals surface area contributed by atoms with Crippen LogP contribution in [-0.4, -0.2) is 25.2 Å². The van der Waals surface area contributed by atoms with Crippen LogP contribution in [-0.2, 0) is 20.9 Å². The molecule has 0 saturated carbocycles. The lowest BCUT2D eigenvalue weighted by Gasteiger charge is -2.17. The molecule has 136 valence electrons. The molecule has 0 aromatic heterocycles. The van der Waals surface area contributed by atoms with Crippen LogP contribution in [0.2, 0.25) is 0 Å². The molecule has 1 N–H and O–H groups in total. The maximum atomic E-state index is 12.3. The fourth-order valence-corrected chi connectivity index (χ4v) is 2.34. The second-order valence-corrected chi connectivity index (χ2v) is 5.82. The van der Waals surface area contributed by atoms with Crippen molar-refractivity contribution in [3.8, 4) is 0 Å². The fourth-order valence-electron chi connectivity index (χ4n) is 2.34. The number of aryl methyl sites for hydroxylation is 1. The van der Waals surface area contributed by atoms with Gasteiger partial charge in [0.25, 0.3) is 0 Å². The summed E-state index contributed by atoms with van der Waals surface area (Å²) in [6.07, 6.45) is 0.925. The molecule has 26 heavy (non-hydrogen) atoms. The van der Waals surface area contributed by atoms with Gasteiger partial charge in [0, 0.05) is 6.54 Å². The summed E-state index contributed by atoms with van der Waals surface area (Å²) < 4.78 is 10.3. The molecule has 5 nitrogen and oxygen atoms in total. The first-order chi connectivity index (χ1) is 12.6. The normalized spacial score (nSPS) is 11.3. The van der Waals surface area contributed by atoms with Crippen molar-refractivity contribution < 1.29 is 19.1 Å². The van der Waals surface area contributed by atoms with Crippen molar-refractivity contribution in [1.29, 1.82) is 0 Å². The van der Waals surface area contributed by atoms with Crippen LogP contribution in [0.4, 0.5) is 4.79 Å². The molecule has 0 unspecified atom stereocenters. The van der Waals surface area contributed by atoms with Gasteiger partial charge in [-0.2, -0.15) is 0 Å². The molecule has 2 aromatic rings. The van der Waals surface area contributed by atoms with Gasteiger partial charge in [-0.15, -0.1) is 0 Å². The molecule has 0 bridgehead atoms. The van der Waals surface area contributed by atoms with Crippen LogP contribution < -0.4 is 5.32 Å². The van der Waals surface area contributed by atoms with Crippen LogP contribution in [0.15, 0.2) is 67.3 Å². The highest BCUT2D eigenvalue weighted by molar-refractivity contribution is 5.79. The highest BCUT2D eigenvalue weighted by Gasteiger charge is 2.23. The lowest BCUT2D eigenvalue weighted by Crippen LogP contribution is -2.33. The number of rotatable bonds is 8. The Morgan fingerprint density at radius 2 is 1.77 bits per heavy atom. The molecule has 1 amide bonds. The Labute approximate surface area is 153 Å². The van der Waals surface area contributed by atoms with Crippen molar-refractivity contribution in [3.63, 3.8) is 0 Å². The van der Waals surface area contributed by atoms with E-state index in [0.29, 0.717) is 0 Å². The van der Waals surface area contributed by atoms with E-state index in [2.05, 4.69) is 11.9 Å². The molecule has 0 aliphatic rings. The van der Waals surface area contributed by atoms with E-state index in [-0.39, 0.29) is 19.8 Å². The number of hydrogen-bond donors (Lipinski definition) is 1. The number of nitrogens with one attached hydrogen (secondary N) is 1. The molecule has 2 rings (SSSR count). The van der Waals surface area contributed by atoms with Gasteiger partial charge in [0.05, 0.1) is 5.92 Å². The largest absolute Gasteiger partial charge is 0.461 e. The maximum Gasteiger partial charge on any atom is 0.407 e. The van der Waals surface area contributed by atoms with E-state index in [1.54, 1.807) is 0 Å². The van der Waals surface area contributed by atoms with Crippen molar-refractivity contribution in [1.82, 2.24) is 5.32 Å². The topological polar surface area (TPSA) is 64.6 Å². The van der Waals surface area contributed by atoms with E-state index in [1.165, 1.54) is 6.08 Å². The average Bonchev–Trinajstić information content (AvgIpc) is 2.67.